The van der Waals surface area contributed by atoms with Gasteiger partial charge in [-0.05, 0) is 23.3 Å². The molecule has 2 amide bonds. The number of amides is 2. The highest BCUT2D eigenvalue weighted by molar-refractivity contribution is 5.96. The Balaban J connectivity index is 2.04. The molecule has 0 unspecified atom stereocenters. The van der Waals surface area contributed by atoms with Gasteiger partial charge in [0.1, 0.15) is 6.04 Å². The van der Waals surface area contributed by atoms with E-state index in [1.165, 1.54) is 14.0 Å². The molecule has 26 heavy (non-hydrogen) atoms. The Kier molecular flexibility index (Phi) is 6.91. The molecule has 0 aliphatic heterocycles. The minimum Gasteiger partial charge on any atom is -0.467 e. The molecule has 6 nitrogen and oxygen atoms in total. The quantitative estimate of drug-likeness (QED) is 0.743. The van der Waals surface area contributed by atoms with Gasteiger partial charge in [0.25, 0.3) is 5.91 Å². The van der Waals surface area contributed by atoms with Gasteiger partial charge in [0.15, 0.2) is 0 Å². The van der Waals surface area contributed by atoms with E-state index in [4.69, 9.17) is 4.74 Å². The second kappa shape index (κ2) is 9.36. The first kappa shape index (κ1) is 19.2. The molecule has 136 valence electrons. The van der Waals surface area contributed by atoms with Gasteiger partial charge in [-0.15, -0.1) is 0 Å². The maximum atomic E-state index is 12.5. The lowest BCUT2D eigenvalue weighted by Crippen LogP contribution is -2.43. The van der Waals surface area contributed by atoms with E-state index in [-0.39, 0.29) is 11.8 Å². The number of carbonyl (C=O) groups excluding carboxylic acids is 3. The molecule has 0 fully saturated rings. The topological polar surface area (TPSA) is 84.5 Å². The predicted octanol–water partition coefficient (Wildman–Crippen LogP) is 1.84. The fraction of sp³-hybridized carbons (Fsp3) is 0.250. The second-order valence-corrected chi connectivity index (χ2v) is 5.85. The van der Waals surface area contributed by atoms with Crippen LogP contribution in [0.25, 0.3) is 0 Å². The summed E-state index contributed by atoms with van der Waals surface area (Å²) in [6.07, 6.45) is 0.347. The first-order valence-corrected chi connectivity index (χ1v) is 8.25. The molecule has 1 atom stereocenters. The number of carbonyl (C=O) groups is 3. The van der Waals surface area contributed by atoms with Crippen molar-refractivity contribution in [2.75, 3.05) is 7.11 Å². The molecule has 0 spiro atoms. The fourth-order valence-corrected chi connectivity index (χ4v) is 2.43. The molecule has 0 radical (unpaired) electrons. The number of ether oxygens (including phenoxy) is 1. The number of nitrogens with one attached hydrogen (secondary N) is 2. The highest BCUT2D eigenvalue weighted by Gasteiger charge is 2.22. The van der Waals surface area contributed by atoms with Crippen LogP contribution in [0.4, 0.5) is 0 Å². The fourth-order valence-electron chi connectivity index (χ4n) is 2.43. The van der Waals surface area contributed by atoms with Crippen molar-refractivity contribution in [2.24, 2.45) is 0 Å². The van der Waals surface area contributed by atoms with Gasteiger partial charge in [-0.1, -0.05) is 42.5 Å². The van der Waals surface area contributed by atoms with Crippen molar-refractivity contribution in [3.05, 3.63) is 71.3 Å². The number of esters is 1. The summed E-state index contributed by atoms with van der Waals surface area (Å²) in [6.45, 7) is 1.84. The Hall–Kier alpha value is -3.15. The van der Waals surface area contributed by atoms with Crippen molar-refractivity contribution in [3.8, 4) is 0 Å². The van der Waals surface area contributed by atoms with Crippen LogP contribution in [-0.4, -0.2) is 30.9 Å². The largest absolute Gasteiger partial charge is 0.467 e. The Morgan fingerprint density at radius 1 is 0.962 bits per heavy atom. The van der Waals surface area contributed by atoms with E-state index in [9.17, 15) is 14.4 Å². The van der Waals surface area contributed by atoms with Crippen LogP contribution in [0.15, 0.2) is 54.6 Å². The van der Waals surface area contributed by atoms with Gasteiger partial charge in [-0.2, -0.15) is 0 Å². The highest BCUT2D eigenvalue weighted by atomic mass is 16.5. The molecule has 0 saturated carbocycles. The molecule has 6 heteroatoms. The average molecular weight is 354 g/mol. The molecule has 0 aliphatic rings. The van der Waals surface area contributed by atoms with Crippen LogP contribution in [0.1, 0.15) is 28.4 Å². The summed E-state index contributed by atoms with van der Waals surface area (Å²) in [5, 5.41) is 5.41. The maximum Gasteiger partial charge on any atom is 0.328 e. The van der Waals surface area contributed by atoms with Crippen molar-refractivity contribution in [1.29, 1.82) is 0 Å². The standard InChI is InChI=1S/C20H22N2O4/c1-14(23)21-13-16-8-10-17(11-9-16)19(24)22-18(20(25)26-2)12-15-6-4-3-5-7-15/h3-11,18H,12-13H2,1-2H3,(H,21,23)(H,22,24)/t18-/m0/s1. The lowest BCUT2D eigenvalue weighted by atomic mass is 10.1. The van der Waals surface area contributed by atoms with Crippen LogP contribution in [-0.2, 0) is 27.3 Å². The van der Waals surface area contributed by atoms with Crippen molar-refractivity contribution in [1.82, 2.24) is 10.6 Å². The zero-order chi connectivity index (χ0) is 18.9. The minimum atomic E-state index is -0.769. The first-order valence-electron chi connectivity index (χ1n) is 8.25. The van der Waals surface area contributed by atoms with Gasteiger partial charge >= 0.3 is 5.97 Å². The third-order valence-corrected chi connectivity index (χ3v) is 3.83. The van der Waals surface area contributed by atoms with Crippen LogP contribution in [0.2, 0.25) is 0 Å². The van der Waals surface area contributed by atoms with Crippen LogP contribution in [0.3, 0.4) is 0 Å². The van der Waals surface area contributed by atoms with Crippen molar-refractivity contribution in [2.45, 2.75) is 25.9 Å². The van der Waals surface area contributed by atoms with Gasteiger partial charge < -0.3 is 15.4 Å². The van der Waals surface area contributed by atoms with E-state index in [1.807, 2.05) is 30.3 Å². The van der Waals surface area contributed by atoms with Crippen LogP contribution < -0.4 is 10.6 Å². The molecule has 0 saturated heterocycles. The molecule has 0 bridgehead atoms. The van der Waals surface area contributed by atoms with E-state index in [0.29, 0.717) is 18.5 Å². The summed E-state index contributed by atoms with van der Waals surface area (Å²) < 4.78 is 4.80. The third kappa shape index (κ3) is 5.73. The Labute approximate surface area is 152 Å². The van der Waals surface area contributed by atoms with Crippen molar-refractivity contribution in [3.63, 3.8) is 0 Å². The Bertz CT molecular complexity index is 757. The van der Waals surface area contributed by atoms with Crippen LogP contribution in [0.5, 0.6) is 0 Å². The van der Waals surface area contributed by atoms with Crippen molar-refractivity contribution < 1.29 is 19.1 Å². The monoisotopic (exact) mass is 354 g/mol. The van der Waals surface area contributed by atoms with Gasteiger partial charge in [0.05, 0.1) is 7.11 Å². The third-order valence-electron chi connectivity index (χ3n) is 3.83. The number of hydrogen-bond donors (Lipinski definition) is 2. The van der Waals surface area contributed by atoms with Crippen molar-refractivity contribution >= 4 is 17.8 Å². The normalized spacial score (nSPS) is 11.3. The number of methoxy groups -OCH3 is 1. The second-order valence-electron chi connectivity index (χ2n) is 5.85. The Morgan fingerprint density at radius 2 is 1.62 bits per heavy atom. The van der Waals surface area contributed by atoms with E-state index >= 15 is 0 Å². The summed E-state index contributed by atoms with van der Waals surface area (Å²) >= 11 is 0. The van der Waals surface area contributed by atoms with E-state index in [1.54, 1.807) is 24.3 Å². The summed E-state index contributed by atoms with van der Waals surface area (Å²) in [5.74, 6) is -0.972. The zero-order valence-electron chi connectivity index (χ0n) is 14.8. The zero-order valence-corrected chi connectivity index (χ0v) is 14.8. The smallest absolute Gasteiger partial charge is 0.328 e. The number of benzene rings is 2. The summed E-state index contributed by atoms with van der Waals surface area (Å²) in [6, 6.07) is 15.5. The van der Waals surface area contributed by atoms with Gasteiger partial charge in [0.2, 0.25) is 5.91 Å². The highest BCUT2D eigenvalue weighted by Crippen LogP contribution is 2.08. The first-order chi connectivity index (χ1) is 12.5. The van der Waals surface area contributed by atoms with E-state index in [2.05, 4.69) is 10.6 Å². The molecule has 2 aromatic carbocycles. The van der Waals surface area contributed by atoms with Gasteiger partial charge in [-0.3, -0.25) is 9.59 Å². The lowest BCUT2D eigenvalue weighted by Gasteiger charge is -2.17. The summed E-state index contributed by atoms with van der Waals surface area (Å²) in [5.41, 5.74) is 2.23. The molecule has 0 heterocycles. The van der Waals surface area contributed by atoms with E-state index in [0.717, 1.165) is 11.1 Å². The summed E-state index contributed by atoms with van der Waals surface area (Å²) in [7, 11) is 1.29. The summed E-state index contributed by atoms with van der Waals surface area (Å²) in [4.78, 5) is 35.4. The Morgan fingerprint density at radius 3 is 2.19 bits per heavy atom. The number of rotatable bonds is 7. The number of hydrogen-bond acceptors (Lipinski definition) is 4. The molecule has 2 rings (SSSR count). The van der Waals surface area contributed by atoms with Gasteiger partial charge in [-0.25, -0.2) is 4.79 Å². The van der Waals surface area contributed by atoms with Crippen LogP contribution in [0, 0.1) is 0 Å². The molecular weight excluding hydrogens is 332 g/mol. The molecular formula is C20H22N2O4. The maximum absolute atomic E-state index is 12.5. The molecule has 2 N–H and O–H groups in total. The molecule has 0 aliphatic carbocycles. The van der Waals surface area contributed by atoms with E-state index < -0.39 is 12.0 Å². The lowest BCUT2D eigenvalue weighted by molar-refractivity contribution is -0.142. The van der Waals surface area contributed by atoms with Crippen LogP contribution >= 0.6 is 0 Å². The average Bonchev–Trinajstić information content (AvgIpc) is 2.66. The predicted molar refractivity (Wildman–Crippen MR) is 97.4 cm³/mol. The van der Waals surface area contributed by atoms with Gasteiger partial charge in [0, 0.05) is 25.5 Å². The molecule has 2 aromatic rings. The minimum absolute atomic E-state index is 0.117. The SMILES string of the molecule is COC(=O)[C@H](Cc1ccccc1)NC(=O)c1ccc(CNC(C)=O)cc1. The molecule has 0 aromatic heterocycles.